The fraction of sp³-hybridized carbons (Fsp3) is 0.343. The van der Waals surface area contributed by atoms with E-state index in [2.05, 4.69) is 25.7 Å². The van der Waals surface area contributed by atoms with E-state index >= 15 is 8.78 Å². The van der Waals surface area contributed by atoms with E-state index in [1.54, 1.807) is 6.07 Å². The van der Waals surface area contributed by atoms with Gasteiger partial charge in [0.05, 0.1) is 27.6 Å². The number of likely N-dealkylation sites (N-methyl/N-ethyl adjacent to an activating group) is 1. The summed E-state index contributed by atoms with van der Waals surface area (Å²) in [7, 11) is 3.73. The van der Waals surface area contributed by atoms with Gasteiger partial charge in [0.15, 0.2) is 10.8 Å². The van der Waals surface area contributed by atoms with Crippen molar-refractivity contribution in [2.24, 2.45) is 5.73 Å². The van der Waals surface area contributed by atoms with E-state index in [0.717, 1.165) is 24.3 Å². The molecule has 5 aromatic rings. The highest BCUT2D eigenvalue weighted by Crippen LogP contribution is 2.52. The fourth-order valence-corrected chi connectivity index (χ4v) is 7.19. The van der Waals surface area contributed by atoms with Crippen molar-refractivity contribution < 1.29 is 49.1 Å². The summed E-state index contributed by atoms with van der Waals surface area (Å²) in [6.45, 7) is -0.150. The minimum atomic E-state index is -4.09. The Bertz CT molecular complexity index is 2260. The SMILES string of the molecule is CN(C)CCNc1nc2nc(C(Cc3cc(F)cc(F)c3)NC(=O)Cn3nc(C(F)F)c4c3C(F)(F)CCC4(F)F)c(-c3ccc(F)c(C(N)=O)c3)cc2s1. The van der Waals surface area contributed by atoms with Gasteiger partial charge in [-0.25, -0.2) is 40.7 Å². The summed E-state index contributed by atoms with van der Waals surface area (Å²) >= 11 is 1.17. The average molecular weight is 799 g/mol. The number of primary amides is 1. The van der Waals surface area contributed by atoms with Crippen LogP contribution in [0, 0.1) is 17.5 Å². The first-order chi connectivity index (χ1) is 25.8. The maximum atomic E-state index is 15.1. The Morgan fingerprint density at radius 1 is 0.964 bits per heavy atom. The highest BCUT2D eigenvalue weighted by atomic mass is 32.1. The van der Waals surface area contributed by atoms with Gasteiger partial charge in [0.1, 0.15) is 35.4 Å². The van der Waals surface area contributed by atoms with Gasteiger partial charge >= 0.3 is 0 Å². The summed E-state index contributed by atoms with van der Waals surface area (Å²) < 4.78 is 132. The molecule has 0 bridgehead atoms. The molecule has 292 valence electrons. The van der Waals surface area contributed by atoms with Gasteiger partial charge < -0.3 is 21.3 Å². The second kappa shape index (κ2) is 15.1. The third-order valence-electron chi connectivity index (χ3n) is 8.76. The number of alkyl halides is 6. The molecule has 0 spiro atoms. The lowest BCUT2D eigenvalue weighted by atomic mass is 9.89. The zero-order valence-electron chi connectivity index (χ0n) is 28.9. The molecule has 20 heteroatoms. The molecular weight excluding hydrogens is 767 g/mol. The van der Waals surface area contributed by atoms with Crippen molar-refractivity contribution in [2.45, 2.75) is 50.1 Å². The Labute approximate surface area is 310 Å². The van der Waals surface area contributed by atoms with Crippen LogP contribution in [0.15, 0.2) is 42.5 Å². The molecule has 6 rings (SSSR count). The summed E-state index contributed by atoms with van der Waals surface area (Å²) in [4.78, 5) is 36.9. The van der Waals surface area contributed by atoms with E-state index < -0.39 is 102 Å². The molecule has 10 nitrogen and oxygen atoms in total. The van der Waals surface area contributed by atoms with Crippen LogP contribution in [0.3, 0.4) is 0 Å². The number of amides is 2. The summed E-state index contributed by atoms with van der Waals surface area (Å²) in [6, 6.07) is 5.94. The van der Waals surface area contributed by atoms with E-state index in [-0.39, 0.29) is 32.7 Å². The highest BCUT2D eigenvalue weighted by molar-refractivity contribution is 7.22. The third-order valence-corrected chi connectivity index (χ3v) is 9.71. The largest absolute Gasteiger partial charge is 0.366 e. The standard InChI is InChI=1S/C35H31F9N8O2S/c1-51(2)8-7-46-33-49-32-24(55-33)14-20(17-3-4-22(38)21(12-17)31(45)54)27(48-32)23(11-16-9-18(36)13-19(37)10-16)47-25(53)15-52-29-26(28(50-52)30(39)40)34(41,42)5-6-35(29,43)44/h3-4,9-10,12-14,23,30H,5-8,11,15H2,1-2H3,(H2,45,54)(H,47,53)(H,46,48,49). The molecule has 3 heterocycles. The highest BCUT2D eigenvalue weighted by Gasteiger charge is 2.55. The van der Waals surface area contributed by atoms with Crippen molar-refractivity contribution in [3.05, 3.63) is 93.7 Å². The van der Waals surface area contributed by atoms with Gasteiger partial charge in [0, 0.05) is 37.6 Å². The number of benzene rings is 2. The number of carbonyl (C=O) groups excluding carboxylic acids is 2. The second-order valence-corrected chi connectivity index (χ2v) is 14.2. The molecule has 2 amide bonds. The first-order valence-electron chi connectivity index (χ1n) is 16.5. The van der Waals surface area contributed by atoms with Crippen molar-refractivity contribution in [3.63, 3.8) is 0 Å². The maximum Gasteiger partial charge on any atom is 0.290 e. The lowest BCUT2D eigenvalue weighted by molar-refractivity contribution is -0.123. The van der Waals surface area contributed by atoms with Crippen molar-refractivity contribution in [1.29, 1.82) is 0 Å². The minimum Gasteiger partial charge on any atom is -0.366 e. The lowest BCUT2D eigenvalue weighted by Gasteiger charge is -2.29. The van der Waals surface area contributed by atoms with Crippen molar-refractivity contribution in [3.8, 4) is 11.1 Å². The topological polar surface area (TPSA) is 131 Å². The molecule has 0 saturated heterocycles. The van der Waals surface area contributed by atoms with Gasteiger partial charge in [0.2, 0.25) is 5.91 Å². The number of nitrogens with zero attached hydrogens (tertiary/aromatic N) is 5. The van der Waals surface area contributed by atoms with Crippen LogP contribution >= 0.6 is 11.3 Å². The number of aromatic nitrogens is 4. The smallest absolute Gasteiger partial charge is 0.290 e. The Balaban J connectivity index is 1.48. The van der Waals surface area contributed by atoms with Gasteiger partial charge in [-0.1, -0.05) is 17.4 Å². The Morgan fingerprint density at radius 2 is 1.65 bits per heavy atom. The quantitative estimate of drug-likeness (QED) is 0.109. The van der Waals surface area contributed by atoms with E-state index in [1.807, 2.05) is 19.0 Å². The van der Waals surface area contributed by atoms with Crippen LogP contribution in [0.5, 0.6) is 0 Å². The number of hydrogen-bond acceptors (Lipinski definition) is 8. The van der Waals surface area contributed by atoms with E-state index in [1.165, 1.54) is 17.4 Å². The summed E-state index contributed by atoms with van der Waals surface area (Å²) in [5.41, 5.74) is 0.360. The molecule has 4 N–H and O–H groups in total. The Kier molecular flexibility index (Phi) is 10.8. The first-order valence-corrected chi connectivity index (χ1v) is 17.3. The van der Waals surface area contributed by atoms with Crippen LogP contribution < -0.4 is 16.4 Å². The Morgan fingerprint density at radius 3 is 2.31 bits per heavy atom. The predicted molar refractivity (Wildman–Crippen MR) is 184 cm³/mol. The van der Waals surface area contributed by atoms with Crippen molar-refractivity contribution in [1.82, 2.24) is 30.0 Å². The number of rotatable bonds is 13. The summed E-state index contributed by atoms with van der Waals surface area (Å²) in [6.07, 6.45) is -6.97. The van der Waals surface area contributed by atoms with E-state index in [4.69, 9.17) is 5.73 Å². The summed E-state index contributed by atoms with van der Waals surface area (Å²) in [5.74, 6) is -13.4. The van der Waals surface area contributed by atoms with Crippen LogP contribution in [0.4, 0.5) is 44.6 Å². The van der Waals surface area contributed by atoms with Crippen LogP contribution in [0.2, 0.25) is 0 Å². The second-order valence-electron chi connectivity index (χ2n) is 13.1. The molecule has 1 unspecified atom stereocenters. The number of fused-ring (bicyclic) bond motifs is 2. The number of nitrogens with one attached hydrogen (secondary N) is 2. The van der Waals surface area contributed by atoms with Gasteiger partial charge in [0.25, 0.3) is 24.2 Å². The molecule has 55 heavy (non-hydrogen) atoms. The number of hydrogen-bond donors (Lipinski definition) is 3. The zero-order valence-corrected chi connectivity index (χ0v) is 29.7. The maximum absolute atomic E-state index is 15.1. The van der Waals surface area contributed by atoms with Gasteiger partial charge in [-0.05, 0) is 62.0 Å². The van der Waals surface area contributed by atoms with Crippen molar-refractivity contribution >= 4 is 38.6 Å². The normalized spacial score (nSPS) is 15.4. The number of thiazole rings is 1. The molecule has 0 fully saturated rings. The number of pyridine rings is 1. The Hall–Kier alpha value is -5.24. The number of carbonyl (C=O) groups is 2. The van der Waals surface area contributed by atoms with Gasteiger partial charge in [-0.2, -0.15) is 13.9 Å². The van der Waals surface area contributed by atoms with Crippen LogP contribution in [-0.2, 0) is 29.6 Å². The number of anilines is 1. The molecule has 3 aromatic heterocycles. The lowest BCUT2D eigenvalue weighted by Crippen LogP contribution is -2.37. The summed E-state index contributed by atoms with van der Waals surface area (Å²) in [5, 5.41) is 9.40. The number of halogens is 9. The van der Waals surface area contributed by atoms with Crippen LogP contribution in [0.1, 0.15) is 63.9 Å². The van der Waals surface area contributed by atoms with E-state index in [9.17, 15) is 40.3 Å². The van der Waals surface area contributed by atoms with Crippen LogP contribution in [0.25, 0.3) is 21.5 Å². The number of nitrogens with two attached hydrogens (primary N) is 1. The zero-order chi connectivity index (χ0) is 40.0. The molecule has 0 aliphatic heterocycles. The molecule has 2 aromatic carbocycles. The molecular formula is C35H31F9N8O2S. The predicted octanol–water partition coefficient (Wildman–Crippen LogP) is 7.06. The average Bonchev–Trinajstić information content (AvgIpc) is 3.68. The molecule has 1 aliphatic carbocycles. The fourth-order valence-electron chi connectivity index (χ4n) is 6.31. The molecule has 1 atom stereocenters. The van der Waals surface area contributed by atoms with Crippen LogP contribution in [-0.4, -0.2) is 63.6 Å². The van der Waals surface area contributed by atoms with Crippen molar-refractivity contribution in [2.75, 3.05) is 32.5 Å². The van der Waals surface area contributed by atoms with Gasteiger partial charge in [-0.3, -0.25) is 14.3 Å². The van der Waals surface area contributed by atoms with E-state index in [0.29, 0.717) is 29.0 Å². The first kappa shape index (κ1) is 39.5. The third kappa shape index (κ3) is 8.38. The molecule has 0 radical (unpaired) electrons. The minimum absolute atomic E-state index is 0.0421. The van der Waals surface area contributed by atoms with Gasteiger partial charge in [-0.15, -0.1) is 0 Å². The monoisotopic (exact) mass is 798 g/mol. The molecule has 0 saturated carbocycles. The molecule has 1 aliphatic rings.